The van der Waals surface area contributed by atoms with Crippen molar-refractivity contribution in [2.45, 2.75) is 25.6 Å². The van der Waals surface area contributed by atoms with Crippen LogP contribution in [0.3, 0.4) is 0 Å². The van der Waals surface area contributed by atoms with Crippen LogP contribution in [0.15, 0.2) is 77.9 Å². The molecular weight excluding hydrogens is 384 g/mol. The van der Waals surface area contributed by atoms with Crippen LogP contribution in [-0.2, 0) is 0 Å². The molecule has 0 aliphatic carbocycles. The number of halogens is 1. The fourth-order valence-corrected chi connectivity index (χ4v) is 4.08. The third kappa shape index (κ3) is 3.19. The Morgan fingerprint density at radius 2 is 1.83 bits per heavy atom. The van der Waals surface area contributed by atoms with Gasteiger partial charge in [0.15, 0.2) is 0 Å². The highest BCUT2D eigenvalue weighted by Gasteiger charge is 2.43. The van der Waals surface area contributed by atoms with Crippen molar-refractivity contribution in [2.75, 3.05) is 0 Å². The van der Waals surface area contributed by atoms with E-state index in [-0.39, 0.29) is 11.8 Å². The lowest BCUT2D eigenvalue weighted by atomic mass is 9.95. The molecular formula is C24H19ClN2O2. The van der Waals surface area contributed by atoms with Crippen molar-refractivity contribution in [1.82, 2.24) is 5.01 Å². The van der Waals surface area contributed by atoms with Crippen molar-refractivity contribution in [1.29, 1.82) is 0 Å². The molecule has 2 atom stereocenters. The predicted molar refractivity (Wildman–Crippen MR) is 114 cm³/mol. The van der Waals surface area contributed by atoms with Gasteiger partial charge in [0.2, 0.25) is 5.78 Å². The molecule has 0 N–H and O–H groups in total. The predicted octanol–water partition coefficient (Wildman–Crippen LogP) is 5.40. The molecule has 0 radical (unpaired) electrons. The van der Waals surface area contributed by atoms with Gasteiger partial charge in [0.1, 0.15) is 5.75 Å². The number of ketones is 1. The van der Waals surface area contributed by atoms with Gasteiger partial charge in [0, 0.05) is 22.6 Å². The summed E-state index contributed by atoms with van der Waals surface area (Å²) in [7, 11) is 0. The first kappa shape index (κ1) is 18.0. The largest absolute Gasteiger partial charge is 0.461 e. The van der Waals surface area contributed by atoms with Gasteiger partial charge in [-0.15, -0.1) is 0 Å². The Balaban J connectivity index is 1.58. The molecule has 0 bridgehead atoms. The summed E-state index contributed by atoms with van der Waals surface area (Å²) in [5, 5.41) is 7.26. The Labute approximate surface area is 174 Å². The summed E-state index contributed by atoms with van der Waals surface area (Å²) in [5.41, 5.74) is 4.76. The number of rotatable bonds is 3. The Morgan fingerprint density at radius 3 is 2.59 bits per heavy atom. The fraction of sp³-hybridized carbons (Fsp3) is 0.167. The van der Waals surface area contributed by atoms with Gasteiger partial charge in [-0.2, -0.15) is 5.10 Å². The Morgan fingerprint density at radius 1 is 1.07 bits per heavy atom. The van der Waals surface area contributed by atoms with E-state index in [4.69, 9.17) is 21.4 Å². The molecule has 144 valence electrons. The first-order chi connectivity index (χ1) is 14.1. The molecule has 0 saturated carbocycles. The molecule has 3 aromatic rings. The van der Waals surface area contributed by atoms with E-state index >= 15 is 0 Å². The van der Waals surface area contributed by atoms with Crippen molar-refractivity contribution in [3.8, 4) is 5.75 Å². The zero-order chi connectivity index (χ0) is 20.0. The van der Waals surface area contributed by atoms with E-state index in [1.54, 1.807) is 23.2 Å². The number of benzene rings is 3. The maximum Gasteiger partial charge on any atom is 0.251 e. The zero-order valence-corrected chi connectivity index (χ0v) is 16.6. The molecule has 3 aromatic carbocycles. The van der Waals surface area contributed by atoms with E-state index in [1.807, 2.05) is 30.3 Å². The second kappa shape index (κ2) is 7.05. The van der Waals surface area contributed by atoms with Gasteiger partial charge in [-0.05, 0) is 30.7 Å². The topological polar surface area (TPSA) is 41.9 Å². The van der Waals surface area contributed by atoms with Crippen molar-refractivity contribution in [3.63, 3.8) is 0 Å². The second-order valence-corrected chi connectivity index (χ2v) is 7.83. The number of carbonyl (C=O) groups is 1. The SMILES string of the molecule is Cc1ccc(C2=NN3[C@@H](C(=O)c4ccccc4)Oc4ccc(Cl)cc4[C@@H]3C2)cc1. The van der Waals surface area contributed by atoms with Gasteiger partial charge in [-0.3, -0.25) is 4.79 Å². The molecule has 5 heteroatoms. The molecule has 0 spiro atoms. The molecule has 5 rings (SSSR count). The lowest BCUT2D eigenvalue weighted by Crippen LogP contribution is -2.45. The number of fused-ring (bicyclic) bond motifs is 3. The van der Waals surface area contributed by atoms with E-state index in [2.05, 4.69) is 31.2 Å². The molecule has 0 amide bonds. The maximum atomic E-state index is 13.2. The number of nitrogens with zero attached hydrogens (tertiary/aromatic N) is 2. The molecule has 0 fully saturated rings. The summed E-state index contributed by atoms with van der Waals surface area (Å²) in [6.07, 6.45) is -0.114. The van der Waals surface area contributed by atoms with Gasteiger partial charge < -0.3 is 4.74 Å². The lowest BCUT2D eigenvalue weighted by Gasteiger charge is -2.37. The molecule has 2 aliphatic heterocycles. The van der Waals surface area contributed by atoms with Crippen LogP contribution in [0.2, 0.25) is 5.02 Å². The van der Waals surface area contributed by atoms with E-state index in [9.17, 15) is 4.79 Å². The fourth-order valence-electron chi connectivity index (χ4n) is 3.90. The Bertz CT molecular complexity index is 1110. The minimum Gasteiger partial charge on any atom is -0.461 e. The molecule has 4 nitrogen and oxygen atoms in total. The standard InChI is InChI=1S/C24H19ClN2O2/c1-15-7-9-16(10-8-15)20-14-21-19-13-18(25)11-12-22(19)29-24(27(21)26-20)23(28)17-5-3-2-4-6-17/h2-13,21,24H,14H2,1H3/t21-,24+/m0/s1. The third-order valence-electron chi connectivity index (χ3n) is 5.42. The Hall–Kier alpha value is -3.11. The molecule has 2 aliphatic rings. The summed E-state index contributed by atoms with van der Waals surface area (Å²) < 4.78 is 6.13. The normalized spacial score (nSPS) is 19.8. The molecule has 0 saturated heterocycles. The number of hydrogen-bond acceptors (Lipinski definition) is 4. The van der Waals surface area contributed by atoms with Crippen molar-refractivity contribution < 1.29 is 9.53 Å². The van der Waals surface area contributed by atoms with Gasteiger partial charge in [-0.1, -0.05) is 71.8 Å². The van der Waals surface area contributed by atoms with E-state index in [0.717, 1.165) is 16.8 Å². The van der Waals surface area contributed by atoms with Gasteiger partial charge >= 0.3 is 0 Å². The van der Waals surface area contributed by atoms with Crippen LogP contribution in [-0.4, -0.2) is 22.7 Å². The Kier molecular flexibility index (Phi) is 4.36. The van der Waals surface area contributed by atoms with Gasteiger partial charge in [0.25, 0.3) is 6.23 Å². The highest BCUT2D eigenvalue weighted by molar-refractivity contribution is 6.30. The van der Waals surface area contributed by atoms with E-state index in [0.29, 0.717) is 22.8 Å². The van der Waals surface area contributed by atoms with Crippen LogP contribution in [0, 0.1) is 6.92 Å². The van der Waals surface area contributed by atoms with Gasteiger partial charge in [-0.25, -0.2) is 5.01 Å². The van der Waals surface area contributed by atoms with Crippen LogP contribution >= 0.6 is 11.6 Å². The average Bonchev–Trinajstić information content (AvgIpc) is 3.20. The quantitative estimate of drug-likeness (QED) is 0.551. The van der Waals surface area contributed by atoms with Crippen molar-refractivity contribution in [3.05, 3.63) is 100 Å². The average molecular weight is 403 g/mol. The van der Waals surface area contributed by atoms with Crippen LogP contribution in [0.25, 0.3) is 0 Å². The number of aryl methyl sites for hydroxylation is 1. The lowest BCUT2D eigenvalue weighted by molar-refractivity contribution is -0.00455. The van der Waals surface area contributed by atoms with Crippen LogP contribution in [0.4, 0.5) is 0 Å². The summed E-state index contributed by atoms with van der Waals surface area (Å²) in [5.74, 6) is 0.579. The maximum absolute atomic E-state index is 13.2. The van der Waals surface area contributed by atoms with Crippen molar-refractivity contribution in [2.24, 2.45) is 5.10 Å². The summed E-state index contributed by atoms with van der Waals surface area (Å²) in [6, 6.07) is 22.9. The molecule has 29 heavy (non-hydrogen) atoms. The van der Waals surface area contributed by atoms with Crippen LogP contribution in [0.5, 0.6) is 5.75 Å². The highest BCUT2D eigenvalue weighted by atomic mass is 35.5. The first-order valence-corrected chi connectivity index (χ1v) is 9.96. The van der Waals surface area contributed by atoms with E-state index < -0.39 is 6.23 Å². The monoisotopic (exact) mass is 402 g/mol. The number of carbonyl (C=O) groups excluding carboxylic acids is 1. The minimum atomic E-state index is -0.806. The second-order valence-electron chi connectivity index (χ2n) is 7.40. The number of ether oxygens (including phenoxy) is 1. The van der Waals surface area contributed by atoms with Crippen LogP contribution in [0.1, 0.15) is 39.5 Å². The number of hydrazone groups is 1. The van der Waals surface area contributed by atoms with E-state index in [1.165, 1.54) is 5.56 Å². The molecule has 2 heterocycles. The summed E-state index contributed by atoms with van der Waals surface area (Å²) in [6.45, 7) is 2.06. The van der Waals surface area contributed by atoms with Crippen molar-refractivity contribution >= 4 is 23.1 Å². The minimum absolute atomic E-state index is 0.0913. The number of hydrogen-bond donors (Lipinski definition) is 0. The zero-order valence-electron chi connectivity index (χ0n) is 15.9. The summed E-state index contributed by atoms with van der Waals surface area (Å²) >= 11 is 6.25. The smallest absolute Gasteiger partial charge is 0.251 e. The highest BCUT2D eigenvalue weighted by Crippen LogP contribution is 2.44. The third-order valence-corrected chi connectivity index (χ3v) is 5.65. The molecule has 0 unspecified atom stereocenters. The van der Waals surface area contributed by atoms with Gasteiger partial charge in [0.05, 0.1) is 11.8 Å². The number of Topliss-reactive ketones (excluding diaryl/α,β-unsaturated/α-hetero) is 1. The summed E-state index contributed by atoms with van der Waals surface area (Å²) in [4.78, 5) is 13.2. The van der Waals surface area contributed by atoms with Crippen LogP contribution < -0.4 is 4.74 Å². The first-order valence-electron chi connectivity index (χ1n) is 9.58. The molecule has 0 aromatic heterocycles.